The fourth-order valence-electron chi connectivity index (χ4n) is 2.42. The number of para-hydroxylation sites is 1. The maximum absolute atomic E-state index is 12.3. The SMILES string of the molecule is CN(Cc1cc2ccccc2o1)C(=O)C1COCCN1. The van der Waals surface area contributed by atoms with Crippen molar-refractivity contribution < 1.29 is 13.9 Å². The minimum Gasteiger partial charge on any atom is -0.459 e. The summed E-state index contributed by atoms with van der Waals surface area (Å²) >= 11 is 0. The molecule has 5 nitrogen and oxygen atoms in total. The van der Waals surface area contributed by atoms with Gasteiger partial charge in [-0.05, 0) is 12.1 Å². The summed E-state index contributed by atoms with van der Waals surface area (Å²) in [7, 11) is 1.78. The van der Waals surface area contributed by atoms with E-state index in [9.17, 15) is 4.79 Å². The van der Waals surface area contributed by atoms with Crippen molar-refractivity contribution in [2.45, 2.75) is 12.6 Å². The van der Waals surface area contributed by atoms with Gasteiger partial charge in [0.25, 0.3) is 0 Å². The molecule has 1 N–H and O–H groups in total. The predicted octanol–water partition coefficient (Wildman–Crippen LogP) is 1.38. The molecule has 20 heavy (non-hydrogen) atoms. The third kappa shape index (κ3) is 2.69. The minimum atomic E-state index is -0.252. The average molecular weight is 274 g/mol. The molecule has 3 rings (SSSR count). The van der Waals surface area contributed by atoms with E-state index in [1.807, 2.05) is 30.3 Å². The molecule has 0 bridgehead atoms. The van der Waals surface area contributed by atoms with Crippen LogP contribution in [0, 0.1) is 0 Å². The summed E-state index contributed by atoms with van der Waals surface area (Å²) in [5, 5.41) is 4.22. The maximum atomic E-state index is 12.3. The smallest absolute Gasteiger partial charge is 0.242 e. The monoisotopic (exact) mass is 274 g/mol. The predicted molar refractivity (Wildman–Crippen MR) is 75.3 cm³/mol. The van der Waals surface area contributed by atoms with Crippen LogP contribution >= 0.6 is 0 Å². The molecule has 106 valence electrons. The molecular formula is C15H18N2O3. The first-order chi connectivity index (χ1) is 9.74. The van der Waals surface area contributed by atoms with E-state index >= 15 is 0 Å². The lowest BCUT2D eigenvalue weighted by Crippen LogP contribution is -2.51. The van der Waals surface area contributed by atoms with E-state index in [2.05, 4.69) is 5.32 Å². The van der Waals surface area contributed by atoms with Crippen LogP contribution in [0.15, 0.2) is 34.7 Å². The van der Waals surface area contributed by atoms with Gasteiger partial charge in [0, 0.05) is 19.0 Å². The highest BCUT2D eigenvalue weighted by atomic mass is 16.5. The quantitative estimate of drug-likeness (QED) is 0.918. The fraction of sp³-hybridized carbons (Fsp3) is 0.400. The summed E-state index contributed by atoms with van der Waals surface area (Å²) in [6, 6.07) is 9.56. The number of benzene rings is 1. The number of nitrogens with one attached hydrogen (secondary N) is 1. The summed E-state index contributed by atoms with van der Waals surface area (Å²) < 4.78 is 11.0. The fourth-order valence-corrected chi connectivity index (χ4v) is 2.42. The van der Waals surface area contributed by atoms with Gasteiger partial charge in [-0.2, -0.15) is 0 Å². The Morgan fingerprint density at radius 2 is 2.30 bits per heavy atom. The molecule has 1 amide bonds. The van der Waals surface area contributed by atoms with Crippen molar-refractivity contribution in [3.63, 3.8) is 0 Å². The largest absolute Gasteiger partial charge is 0.459 e. The van der Waals surface area contributed by atoms with E-state index in [0.29, 0.717) is 19.8 Å². The highest BCUT2D eigenvalue weighted by Crippen LogP contribution is 2.19. The van der Waals surface area contributed by atoms with Gasteiger partial charge in [-0.1, -0.05) is 18.2 Å². The van der Waals surface area contributed by atoms with Gasteiger partial charge in [0.15, 0.2) is 0 Å². The minimum absolute atomic E-state index is 0.0326. The van der Waals surface area contributed by atoms with Crippen molar-refractivity contribution in [2.24, 2.45) is 0 Å². The molecule has 1 aromatic heterocycles. The average Bonchev–Trinajstić information content (AvgIpc) is 2.89. The Labute approximate surface area is 117 Å². The molecule has 0 saturated carbocycles. The maximum Gasteiger partial charge on any atom is 0.242 e. The molecular weight excluding hydrogens is 256 g/mol. The first kappa shape index (κ1) is 13.1. The lowest BCUT2D eigenvalue weighted by molar-refractivity contribution is -0.135. The molecule has 1 unspecified atom stereocenters. The molecule has 2 heterocycles. The molecule has 1 aromatic carbocycles. The second-order valence-electron chi connectivity index (χ2n) is 5.03. The standard InChI is InChI=1S/C15H18N2O3/c1-17(15(18)13-10-19-7-6-16-13)9-12-8-11-4-2-3-5-14(11)20-12/h2-5,8,13,16H,6-7,9-10H2,1H3. The lowest BCUT2D eigenvalue weighted by atomic mass is 10.2. The van der Waals surface area contributed by atoms with Crippen LogP contribution in [0.1, 0.15) is 5.76 Å². The number of furan rings is 1. The Morgan fingerprint density at radius 1 is 1.45 bits per heavy atom. The van der Waals surface area contributed by atoms with Crippen LogP contribution in [0.2, 0.25) is 0 Å². The van der Waals surface area contributed by atoms with E-state index in [1.165, 1.54) is 0 Å². The molecule has 0 aliphatic carbocycles. The highest BCUT2D eigenvalue weighted by Gasteiger charge is 2.24. The Kier molecular flexibility index (Phi) is 3.71. The summed E-state index contributed by atoms with van der Waals surface area (Å²) in [5.41, 5.74) is 0.850. The van der Waals surface area contributed by atoms with Gasteiger partial charge in [0.05, 0.1) is 19.8 Å². The molecule has 1 atom stereocenters. The van der Waals surface area contributed by atoms with Gasteiger partial charge < -0.3 is 19.4 Å². The van der Waals surface area contributed by atoms with Crippen LogP contribution in [0.5, 0.6) is 0 Å². The van der Waals surface area contributed by atoms with Gasteiger partial charge in [0.2, 0.25) is 5.91 Å². The summed E-state index contributed by atoms with van der Waals surface area (Å²) in [6.07, 6.45) is 0. The van der Waals surface area contributed by atoms with Gasteiger partial charge in [-0.25, -0.2) is 0 Å². The molecule has 1 aliphatic heterocycles. The van der Waals surface area contributed by atoms with Gasteiger partial charge in [-0.3, -0.25) is 4.79 Å². The Bertz CT molecular complexity index is 569. The number of morpholine rings is 1. The van der Waals surface area contributed by atoms with E-state index in [4.69, 9.17) is 9.15 Å². The van der Waals surface area contributed by atoms with Crippen molar-refractivity contribution in [1.82, 2.24) is 10.2 Å². The number of ether oxygens (including phenoxy) is 1. The lowest BCUT2D eigenvalue weighted by Gasteiger charge is -2.27. The van der Waals surface area contributed by atoms with Crippen molar-refractivity contribution in [1.29, 1.82) is 0 Å². The van der Waals surface area contributed by atoms with Crippen molar-refractivity contribution in [3.05, 3.63) is 36.1 Å². The molecule has 0 spiro atoms. The number of carbonyl (C=O) groups excluding carboxylic acids is 1. The number of rotatable bonds is 3. The van der Waals surface area contributed by atoms with Crippen LogP contribution in [0.4, 0.5) is 0 Å². The van der Waals surface area contributed by atoms with E-state index in [0.717, 1.165) is 23.3 Å². The molecule has 1 saturated heterocycles. The van der Waals surface area contributed by atoms with Crippen LogP contribution in [-0.4, -0.2) is 43.7 Å². The van der Waals surface area contributed by atoms with Crippen LogP contribution in [0.25, 0.3) is 11.0 Å². The topological polar surface area (TPSA) is 54.7 Å². The number of nitrogens with zero attached hydrogens (tertiary/aromatic N) is 1. The summed E-state index contributed by atoms with van der Waals surface area (Å²) in [4.78, 5) is 13.9. The highest BCUT2D eigenvalue weighted by molar-refractivity contribution is 5.82. The number of hydrogen-bond acceptors (Lipinski definition) is 4. The first-order valence-electron chi connectivity index (χ1n) is 6.77. The van der Waals surface area contributed by atoms with Crippen molar-refractivity contribution in [2.75, 3.05) is 26.8 Å². The third-order valence-electron chi connectivity index (χ3n) is 3.47. The van der Waals surface area contributed by atoms with Gasteiger partial charge >= 0.3 is 0 Å². The van der Waals surface area contributed by atoms with Crippen LogP contribution in [-0.2, 0) is 16.1 Å². The second-order valence-corrected chi connectivity index (χ2v) is 5.03. The van der Waals surface area contributed by atoms with Crippen molar-refractivity contribution >= 4 is 16.9 Å². The third-order valence-corrected chi connectivity index (χ3v) is 3.47. The second kappa shape index (κ2) is 5.64. The Balaban J connectivity index is 1.68. The first-order valence-corrected chi connectivity index (χ1v) is 6.77. The number of fused-ring (bicyclic) bond motifs is 1. The zero-order valence-electron chi connectivity index (χ0n) is 11.5. The van der Waals surface area contributed by atoms with Crippen LogP contribution in [0.3, 0.4) is 0 Å². The van der Waals surface area contributed by atoms with E-state index in [-0.39, 0.29) is 11.9 Å². The molecule has 0 radical (unpaired) electrons. The molecule has 2 aromatic rings. The van der Waals surface area contributed by atoms with Crippen LogP contribution < -0.4 is 5.32 Å². The summed E-state index contributed by atoms with van der Waals surface area (Å²) in [5.74, 6) is 0.823. The van der Waals surface area contributed by atoms with Gasteiger partial charge in [-0.15, -0.1) is 0 Å². The van der Waals surface area contributed by atoms with E-state index in [1.54, 1.807) is 11.9 Å². The number of amides is 1. The number of carbonyl (C=O) groups is 1. The zero-order chi connectivity index (χ0) is 13.9. The molecule has 5 heteroatoms. The van der Waals surface area contributed by atoms with E-state index < -0.39 is 0 Å². The van der Waals surface area contributed by atoms with Crippen molar-refractivity contribution in [3.8, 4) is 0 Å². The summed E-state index contributed by atoms with van der Waals surface area (Å²) in [6.45, 7) is 2.28. The Morgan fingerprint density at radius 3 is 3.05 bits per heavy atom. The number of hydrogen-bond donors (Lipinski definition) is 1. The molecule has 1 fully saturated rings. The number of likely N-dealkylation sites (N-methyl/N-ethyl adjacent to an activating group) is 1. The van der Waals surface area contributed by atoms with Gasteiger partial charge in [0.1, 0.15) is 17.4 Å². The Hall–Kier alpha value is -1.85. The zero-order valence-corrected chi connectivity index (χ0v) is 11.5. The molecule has 1 aliphatic rings. The normalized spacial score (nSPS) is 19.1.